The molecule has 0 saturated heterocycles. The molecule has 2 N–H and O–H groups in total. The summed E-state index contributed by atoms with van der Waals surface area (Å²) in [5, 5.41) is 6.65. The second-order valence-electron chi connectivity index (χ2n) is 6.03. The van der Waals surface area contributed by atoms with E-state index in [4.69, 9.17) is 16.3 Å². The van der Waals surface area contributed by atoms with Crippen LogP contribution in [0, 0.1) is 11.6 Å². The van der Waals surface area contributed by atoms with Crippen LogP contribution in [0.2, 0.25) is 5.02 Å². The average molecular weight is 404 g/mol. The molecule has 2 aromatic carbocycles. The molecule has 0 spiro atoms. The van der Waals surface area contributed by atoms with Crippen molar-refractivity contribution in [3.05, 3.63) is 53.3 Å². The Morgan fingerprint density at radius 3 is 2.71 bits per heavy atom. The van der Waals surface area contributed by atoms with Gasteiger partial charge in [0.1, 0.15) is 30.1 Å². The number of halogens is 3. The molecule has 0 aliphatic carbocycles. The molecule has 0 saturated carbocycles. The van der Waals surface area contributed by atoms with Crippen molar-refractivity contribution in [2.75, 3.05) is 31.6 Å². The van der Waals surface area contributed by atoms with Crippen molar-refractivity contribution in [3.63, 3.8) is 0 Å². The van der Waals surface area contributed by atoms with Crippen LogP contribution in [0.4, 0.5) is 14.6 Å². The van der Waals surface area contributed by atoms with Crippen molar-refractivity contribution >= 4 is 34.3 Å². The summed E-state index contributed by atoms with van der Waals surface area (Å²) < 4.78 is 34.6. The number of fused-ring (bicyclic) bond motifs is 1. The van der Waals surface area contributed by atoms with E-state index in [0.717, 1.165) is 0 Å². The topological polar surface area (TPSA) is 71.4 Å². The van der Waals surface area contributed by atoms with Crippen LogP contribution in [-0.4, -0.2) is 42.2 Å². The number of benzene rings is 2. The monoisotopic (exact) mass is 403 g/mol. The van der Waals surface area contributed by atoms with Crippen molar-refractivity contribution in [2.45, 2.75) is 0 Å². The first-order valence-electron chi connectivity index (χ1n) is 8.67. The number of anilines is 1. The summed E-state index contributed by atoms with van der Waals surface area (Å²) in [5.41, 5.74) is 0.133. The van der Waals surface area contributed by atoms with E-state index in [9.17, 15) is 4.39 Å². The first-order chi connectivity index (χ1) is 13.6. The number of hydrogen-bond donors (Lipinski definition) is 2. The Hall–Kier alpha value is -3.00. The molecule has 2 heterocycles. The Kier molecular flexibility index (Phi) is 5.21. The molecule has 6 nitrogen and oxygen atoms in total. The molecule has 0 radical (unpaired) electrons. The summed E-state index contributed by atoms with van der Waals surface area (Å²) in [4.78, 5) is 12.3. The normalized spacial score (nSPS) is 13.3. The SMILES string of the molecule is Fc1ccccc1-c1c(Cl)cc2c(NCCNC3=NCCO3)ncnc2c1F. The second kappa shape index (κ2) is 7.93. The van der Waals surface area contributed by atoms with Gasteiger partial charge in [0.2, 0.25) is 0 Å². The fourth-order valence-electron chi connectivity index (χ4n) is 2.97. The zero-order valence-electron chi connectivity index (χ0n) is 14.7. The number of hydrogen-bond acceptors (Lipinski definition) is 6. The predicted molar refractivity (Wildman–Crippen MR) is 105 cm³/mol. The molecule has 1 aliphatic heterocycles. The van der Waals surface area contributed by atoms with Gasteiger partial charge < -0.3 is 15.4 Å². The maximum atomic E-state index is 15.2. The van der Waals surface area contributed by atoms with Crippen molar-refractivity contribution in [1.29, 1.82) is 0 Å². The van der Waals surface area contributed by atoms with E-state index in [1.54, 1.807) is 12.1 Å². The standard InChI is InChI=1S/C19H16ClF2N5O/c20-13-9-12-17(16(22)15(13)11-3-1-2-4-14(11)21)26-10-27-18(12)23-5-6-24-19-25-7-8-28-19/h1-4,9-10H,5-8H2,(H,24,25)(H,23,26,27). The summed E-state index contributed by atoms with van der Waals surface area (Å²) in [5.74, 6) is -0.815. The molecule has 1 aromatic heterocycles. The summed E-state index contributed by atoms with van der Waals surface area (Å²) in [6, 6.07) is 7.95. The van der Waals surface area contributed by atoms with Gasteiger partial charge in [0.05, 0.1) is 11.6 Å². The van der Waals surface area contributed by atoms with Gasteiger partial charge in [0.25, 0.3) is 6.02 Å². The highest BCUT2D eigenvalue weighted by molar-refractivity contribution is 6.34. The first kappa shape index (κ1) is 18.4. The highest BCUT2D eigenvalue weighted by Crippen LogP contribution is 2.37. The van der Waals surface area contributed by atoms with Gasteiger partial charge in [0, 0.05) is 29.6 Å². The van der Waals surface area contributed by atoms with E-state index < -0.39 is 11.6 Å². The third kappa shape index (κ3) is 3.55. The fourth-order valence-corrected chi connectivity index (χ4v) is 3.27. The number of aliphatic imine (C=N–C) groups is 1. The van der Waals surface area contributed by atoms with Crippen LogP contribution in [0.25, 0.3) is 22.0 Å². The zero-order valence-corrected chi connectivity index (χ0v) is 15.4. The average Bonchev–Trinajstić information content (AvgIpc) is 3.20. The molecule has 144 valence electrons. The predicted octanol–water partition coefficient (Wildman–Crippen LogP) is 3.62. The minimum absolute atomic E-state index is 0.0185. The van der Waals surface area contributed by atoms with Crippen LogP contribution in [-0.2, 0) is 4.74 Å². The van der Waals surface area contributed by atoms with Crippen LogP contribution in [0.3, 0.4) is 0 Å². The largest absolute Gasteiger partial charge is 0.463 e. The highest BCUT2D eigenvalue weighted by Gasteiger charge is 2.19. The summed E-state index contributed by atoms with van der Waals surface area (Å²) in [6.45, 7) is 2.25. The van der Waals surface area contributed by atoms with Crippen LogP contribution < -0.4 is 10.6 Å². The Balaban J connectivity index is 1.62. The van der Waals surface area contributed by atoms with E-state index >= 15 is 4.39 Å². The number of aromatic nitrogens is 2. The maximum Gasteiger partial charge on any atom is 0.284 e. The van der Waals surface area contributed by atoms with Crippen molar-refractivity contribution in [2.24, 2.45) is 4.99 Å². The molecule has 1 aliphatic rings. The van der Waals surface area contributed by atoms with Gasteiger partial charge in [-0.05, 0) is 12.1 Å². The van der Waals surface area contributed by atoms with Crippen LogP contribution in [0.5, 0.6) is 0 Å². The maximum absolute atomic E-state index is 15.2. The van der Waals surface area contributed by atoms with E-state index in [-0.39, 0.29) is 21.7 Å². The minimum atomic E-state index is -0.690. The molecule has 4 rings (SSSR count). The van der Waals surface area contributed by atoms with Gasteiger partial charge in [-0.1, -0.05) is 29.8 Å². The van der Waals surface area contributed by atoms with Gasteiger partial charge in [-0.3, -0.25) is 0 Å². The lowest BCUT2D eigenvalue weighted by Crippen LogP contribution is -2.29. The summed E-state index contributed by atoms with van der Waals surface area (Å²) >= 11 is 6.30. The van der Waals surface area contributed by atoms with Gasteiger partial charge >= 0.3 is 0 Å². The third-order valence-electron chi connectivity index (χ3n) is 4.24. The van der Waals surface area contributed by atoms with E-state index in [1.165, 1.54) is 24.5 Å². The van der Waals surface area contributed by atoms with Crippen molar-refractivity contribution in [1.82, 2.24) is 15.3 Å². The molecule has 0 fully saturated rings. The van der Waals surface area contributed by atoms with Gasteiger partial charge in [-0.2, -0.15) is 0 Å². The molecule has 0 amide bonds. The molecular weight excluding hydrogens is 388 g/mol. The first-order valence-corrected chi connectivity index (χ1v) is 9.05. The number of ether oxygens (including phenoxy) is 1. The molecule has 9 heteroatoms. The summed E-state index contributed by atoms with van der Waals surface area (Å²) in [6.07, 6.45) is 1.25. The molecule has 3 aromatic rings. The quantitative estimate of drug-likeness (QED) is 0.637. The van der Waals surface area contributed by atoms with Gasteiger partial charge in [-0.25, -0.2) is 23.7 Å². The van der Waals surface area contributed by atoms with E-state index in [2.05, 4.69) is 25.6 Å². The zero-order chi connectivity index (χ0) is 19.5. The van der Waals surface area contributed by atoms with Gasteiger partial charge in [-0.15, -0.1) is 0 Å². The highest BCUT2D eigenvalue weighted by atomic mass is 35.5. The Labute approximate surface area is 164 Å². The number of amidine groups is 1. The number of rotatable bonds is 5. The molecule has 0 atom stereocenters. The minimum Gasteiger partial charge on any atom is -0.463 e. The molecule has 0 unspecified atom stereocenters. The van der Waals surface area contributed by atoms with Crippen LogP contribution >= 0.6 is 11.6 Å². The van der Waals surface area contributed by atoms with E-state index in [1.807, 2.05) is 0 Å². The molecular formula is C19H16ClF2N5O. The molecule has 28 heavy (non-hydrogen) atoms. The lowest BCUT2D eigenvalue weighted by atomic mass is 10.0. The second-order valence-corrected chi connectivity index (χ2v) is 6.44. The lowest BCUT2D eigenvalue weighted by molar-refractivity contribution is 0.332. The molecule has 0 bridgehead atoms. The van der Waals surface area contributed by atoms with Crippen LogP contribution in [0.1, 0.15) is 0 Å². The Morgan fingerprint density at radius 2 is 1.93 bits per heavy atom. The summed E-state index contributed by atoms with van der Waals surface area (Å²) in [7, 11) is 0. The van der Waals surface area contributed by atoms with Crippen molar-refractivity contribution in [3.8, 4) is 11.1 Å². The number of nitrogens with zero attached hydrogens (tertiary/aromatic N) is 3. The Morgan fingerprint density at radius 1 is 1.11 bits per heavy atom. The Bertz CT molecular complexity index is 1060. The lowest BCUT2D eigenvalue weighted by Gasteiger charge is -2.13. The van der Waals surface area contributed by atoms with Gasteiger partial charge in [0.15, 0.2) is 5.82 Å². The smallest absolute Gasteiger partial charge is 0.284 e. The van der Waals surface area contributed by atoms with Crippen LogP contribution in [0.15, 0.2) is 41.7 Å². The third-order valence-corrected chi connectivity index (χ3v) is 4.54. The fraction of sp³-hybridized carbons (Fsp3) is 0.211. The van der Waals surface area contributed by atoms with Crippen molar-refractivity contribution < 1.29 is 13.5 Å². The van der Waals surface area contributed by atoms with E-state index in [0.29, 0.717) is 43.5 Å². The number of nitrogens with one attached hydrogen (secondary N) is 2.